The molecule has 31 heavy (non-hydrogen) atoms. The van der Waals surface area contributed by atoms with Gasteiger partial charge in [0.05, 0.1) is 16.6 Å². The SMILES string of the molecule is Cc1ccc2ccc(C(Nc3ccc(Cl)c(C(F)(F)F)c3)c3ccccc3)c(O)c2n1. The lowest BCUT2D eigenvalue weighted by atomic mass is 9.95. The molecule has 1 heterocycles. The molecule has 0 radical (unpaired) electrons. The highest BCUT2D eigenvalue weighted by Gasteiger charge is 2.33. The summed E-state index contributed by atoms with van der Waals surface area (Å²) < 4.78 is 40.0. The van der Waals surface area contributed by atoms with Crippen LogP contribution in [0.5, 0.6) is 5.75 Å². The van der Waals surface area contributed by atoms with Crippen LogP contribution in [0.15, 0.2) is 72.8 Å². The number of alkyl halides is 3. The minimum absolute atomic E-state index is 0.0208. The second-order valence-corrected chi connectivity index (χ2v) is 7.62. The Kier molecular flexibility index (Phi) is 5.50. The van der Waals surface area contributed by atoms with Crippen molar-refractivity contribution in [1.82, 2.24) is 4.98 Å². The number of aryl methyl sites for hydroxylation is 1. The maximum Gasteiger partial charge on any atom is 0.417 e. The summed E-state index contributed by atoms with van der Waals surface area (Å²) in [5.74, 6) is -0.0208. The Balaban J connectivity index is 1.84. The number of hydrogen-bond acceptors (Lipinski definition) is 3. The number of phenols is 1. The van der Waals surface area contributed by atoms with Gasteiger partial charge in [0.1, 0.15) is 11.3 Å². The fraction of sp³-hybridized carbons (Fsp3) is 0.125. The molecule has 1 aromatic heterocycles. The van der Waals surface area contributed by atoms with Crippen molar-refractivity contribution in [3.63, 3.8) is 0 Å². The van der Waals surface area contributed by atoms with Gasteiger partial charge in [0.2, 0.25) is 0 Å². The van der Waals surface area contributed by atoms with Gasteiger partial charge < -0.3 is 10.4 Å². The Labute approximate surface area is 182 Å². The van der Waals surface area contributed by atoms with E-state index in [0.29, 0.717) is 11.1 Å². The summed E-state index contributed by atoms with van der Waals surface area (Å²) in [6, 6.07) is 19.5. The molecule has 0 spiro atoms. The number of hydrogen-bond donors (Lipinski definition) is 2. The van der Waals surface area contributed by atoms with Crippen LogP contribution < -0.4 is 5.32 Å². The van der Waals surface area contributed by atoms with Crippen molar-refractivity contribution in [2.45, 2.75) is 19.1 Å². The zero-order valence-electron chi connectivity index (χ0n) is 16.4. The minimum Gasteiger partial charge on any atom is -0.505 e. The van der Waals surface area contributed by atoms with E-state index in [1.165, 1.54) is 12.1 Å². The first-order valence-corrected chi connectivity index (χ1v) is 9.89. The largest absolute Gasteiger partial charge is 0.505 e. The molecule has 0 aliphatic carbocycles. The molecule has 158 valence electrons. The van der Waals surface area contributed by atoms with Crippen molar-refractivity contribution in [3.05, 3.63) is 100 Å². The molecular formula is C24H18ClF3N2O. The lowest BCUT2D eigenvalue weighted by Gasteiger charge is -2.23. The van der Waals surface area contributed by atoms with Crippen LogP contribution in [0, 0.1) is 6.92 Å². The van der Waals surface area contributed by atoms with E-state index in [4.69, 9.17) is 11.6 Å². The molecule has 0 aliphatic rings. The second kappa shape index (κ2) is 8.12. The number of aromatic nitrogens is 1. The summed E-state index contributed by atoms with van der Waals surface area (Å²) in [5, 5.41) is 14.5. The molecule has 7 heteroatoms. The molecule has 4 aromatic rings. The number of halogens is 4. The van der Waals surface area contributed by atoms with E-state index in [9.17, 15) is 18.3 Å². The molecule has 0 aliphatic heterocycles. The highest BCUT2D eigenvalue weighted by atomic mass is 35.5. The Morgan fingerprint density at radius 3 is 2.39 bits per heavy atom. The molecule has 0 bridgehead atoms. The Morgan fingerprint density at radius 2 is 1.68 bits per heavy atom. The molecule has 4 rings (SSSR count). The van der Waals surface area contributed by atoms with Crippen LogP contribution in [0.2, 0.25) is 5.02 Å². The van der Waals surface area contributed by atoms with Crippen LogP contribution in [0.1, 0.15) is 28.4 Å². The van der Waals surface area contributed by atoms with E-state index in [1.807, 2.05) is 55.5 Å². The molecule has 1 atom stereocenters. The lowest BCUT2D eigenvalue weighted by Crippen LogP contribution is -2.14. The van der Waals surface area contributed by atoms with Crippen molar-refractivity contribution in [2.24, 2.45) is 0 Å². The Morgan fingerprint density at radius 1 is 0.968 bits per heavy atom. The van der Waals surface area contributed by atoms with Gasteiger partial charge >= 0.3 is 6.18 Å². The predicted octanol–water partition coefficient (Wildman–Crippen LogP) is 7.12. The number of nitrogens with one attached hydrogen (secondary N) is 1. The van der Waals surface area contributed by atoms with Gasteiger partial charge in [-0.05, 0) is 36.8 Å². The number of benzene rings is 3. The van der Waals surface area contributed by atoms with E-state index < -0.39 is 17.8 Å². The van der Waals surface area contributed by atoms with Gasteiger partial charge in [0.25, 0.3) is 0 Å². The van der Waals surface area contributed by atoms with Crippen molar-refractivity contribution in [2.75, 3.05) is 5.32 Å². The molecule has 2 N–H and O–H groups in total. The normalized spacial score (nSPS) is 12.7. The highest BCUT2D eigenvalue weighted by molar-refractivity contribution is 6.31. The third-order valence-electron chi connectivity index (χ3n) is 5.03. The molecule has 0 amide bonds. The third kappa shape index (κ3) is 4.30. The average molecular weight is 443 g/mol. The first-order valence-electron chi connectivity index (χ1n) is 9.51. The number of rotatable bonds is 4. The number of phenolic OH excluding ortho intramolecular Hbond substituents is 1. The second-order valence-electron chi connectivity index (χ2n) is 7.21. The van der Waals surface area contributed by atoms with Gasteiger partial charge in [-0.1, -0.05) is 60.1 Å². The lowest BCUT2D eigenvalue weighted by molar-refractivity contribution is -0.137. The fourth-order valence-corrected chi connectivity index (χ4v) is 3.73. The summed E-state index contributed by atoms with van der Waals surface area (Å²) in [5.41, 5.74) is 1.76. The third-order valence-corrected chi connectivity index (χ3v) is 5.36. The first-order chi connectivity index (χ1) is 14.7. The summed E-state index contributed by atoms with van der Waals surface area (Å²) in [6.07, 6.45) is -4.58. The topological polar surface area (TPSA) is 45.1 Å². The van der Waals surface area contributed by atoms with Crippen LogP contribution in [-0.2, 0) is 6.18 Å². The van der Waals surface area contributed by atoms with Crippen molar-refractivity contribution < 1.29 is 18.3 Å². The van der Waals surface area contributed by atoms with E-state index in [1.54, 1.807) is 6.07 Å². The monoisotopic (exact) mass is 442 g/mol. The van der Waals surface area contributed by atoms with E-state index in [0.717, 1.165) is 22.7 Å². The van der Waals surface area contributed by atoms with Crippen molar-refractivity contribution >= 4 is 28.2 Å². The van der Waals surface area contributed by atoms with Crippen LogP contribution in [-0.4, -0.2) is 10.1 Å². The van der Waals surface area contributed by atoms with Gasteiger partial charge in [-0.15, -0.1) is 0 Å². The predicted molar refractivity (Wildman–Crippen MR) is 117 cm³/mol. The maximum absolute atomic E-state index is 13.3. The summed E-state index contributed by atoms with van der Waals surface area (Å²) in [6.45, 7) is 1.82. The zero-order chi connectivity index (χ0) is 22.2. The molecule has 0 fully saturated rings. The molecule has 3 nitrogen and oxygen atoms in total. The quantitative estimate of drug-likeness (QED) is 0.353. The standard InChI is InChI=1S/C24H18ClF3N2O/c1-14-7-8-16-9-11-18(23(31)22(16)29-14)21(15-5-3-2-4-6-15)30-17-10-12-20(25)19(13-17)24(26,27)28/h2-13,21,30-31H,1H3. The number of pyridine rings is 1. The average Bonchev–Trinajstić information content (AvgIpc) is 2.74. The summed E-state index contributed by atoms with van der Waals surface area (Å²) >= 11 is 5.76. The van der Waals surface area contributed by atoms with E-state index in [2.05, 4.69) is 10.3 Å². The van der Waals surface area contributed by atoms with Crippen molar-refractivity contribution in [1.29, 1.82) is 0 Å². The Bertz CT molecular complexity index is 1240. The number of anilines is 1. The maximum atomic E-state index is 13.3. The summed E-state index contributed by atoms with van der Waals surface area (Å²) in [4.78, 5) is 4.43. The van der Waals surface area contributed by atoms with Gasteiger partial charge in [-0.2, -0.15) is 13.2 Å². The first kappa shape index (κ1) is 21.0. The van der Waals surface area contributed by atoms with Gasteiger partial charge in [-0.25, -0.2) is 4.98 Å². The van der Waals surface area contributed by atoms with Crippen LogP contribution in [0.4, 0.5) is 18.9 Å². The summed E-state index contributed by atoms with van der Waals surface area (Å²) in [7, 11) is 0. The van der Waals surface area contributed by atoms with E-state index >= 15 is 0 Å². The van der Waals surface area contributed by atoms with Gasteiger partial charge in [-0.3, -0.25) is 0 Å². The molecular weight excluding hydrogens is 425 g/mol. The minimum atomic E-state index is -4.58. The Hall–Kier alpha value is -3.25. The molecule has 3 aromatic carbocycles. The number of aromatic hydroxyl groups is 1. The molecule has 0 saturated heterocycles. The van der Waals surface area contributed by atoms with Crippen LogP contribution >= 0.6 is 11.6 Å². The molecule has 0 saturated carbocycles. The van der Waals surface area contributed by atoms with Crippen LogP contribution in [0.3, 0.4) is 0 Å². The fourth-order valence-electron chi connectivity index (χ4n) is 3.50. The number of nitrogens with zero attached hydrogens (tertiary/aromatic N) is 1. The molecule has 1 unspecified atom stereocenters. The van der Waals surface area contributed by atoms with Gasteiger partial charge in [0, 0.05) is 22.3 Å². The van der Waals surface area contributed by atoms with Crippen LogP contribution in [0.25, 0.3) is 10.9 Å². The van der Waals surface area contributed by atoms with E-state index in [-0.39, 0.29) is 16.5 Å². The smallest absolute Gasteiger partial charge is 0.417 e. The van der Waals surface area contributed by atoms with Gasteiger partial charge in [0.15, 0.2) is 0 Å². The number of fused-ring (bicyclic) bond motifs is 1. The zero-order valence-corrected chi connectivity index (χ0v) is 17.2. The van der Waals surface area contributed by atoms with Crippen molar-refractivity contribution in [3.8, 4) is 5.75 Å². The highest BCUT2D eigenvalue weighted by Crippen LogP contribution is 2.39.